The fourth-order valence-electron chi connectivity index (χ4n) is 2.55. The van der Waals surface area contributed by atoms with Gasteiger partial charge in [0.1, 0.15) is 5.54 Å². The first-order valence-electron chi connectivity index (χ1n) is 7.52. The van der Waals surface area contributed by atoms with E-state index in [1.165, 1.54) is 7.11 Å². The Morgan fingerprint density at radius 1 is 1.09 bits per heavy atom. The molecule has 1 N–H and O–H groups in total. The first-order chi connectivity index (χ1) is 10.6. The van der Waals surface area contributed by atoms with E-state index in [9.17, 15) is 4.79 Å². The number of nitrogens with zero attached hydrogens (tertiary/aromatic N) is 3. The van der Waals surface area contributed by atoms with Gasteiger partial charge in [0.2, 0.25) is 5.95 Å². The van der Waals surface area contributed by atoms with Gasteiger partial charge in [-0.3, -0.25) is 0 Å². The van der Waals surface area contributed by atoms with Crippen molar-refractivity contribution in [1.29, 1.82) is 0 Å². The fourth-order valence-corrected chi connectivity index (χ4v) is 2.55. The summed E-state index contributed by atoms with van der Waals surface area (Å²) in [4.78, 5) is 24.6. The van der Waals surface area contributed by atoms with E-state index in [1.54, 1.807) is 0 Å². The molecule has 1 fully saturated rings. The van der Waals surface area contributed by atoms with E-state index in [4.69, 9.17) is 14.2 Å². The highest BCUT2D eigenvalue weighted by Crippen LogP contribution is 2.33. The number of carbonyl (C=O) groups excluding carboxylic acids is 1. The highest BCUT2D eigenvalue weighted by atomic mass is 16.5. The second-order valence-corrected chi connectivity index (χ2v) is 5.00. The second-order valence-electron chi connectivity index (χ2n) is 5.00. The minimum absolute atomic E-state index is 0.168. The van der Waals surface area contributed by atoms with Crippen molar-refractivity contribution in [1.82, 2.24) is 15.0 Å². The van der Waals surface area contributed by atoms with Crippen molar-refractivity contribution in [2.75, 3.05) is 25.6 Å². The molecule has 22 heavy (non-hydrogen) atoms. The molecule has 1 saturated carbocycles. The molecule has 0 spiro atoms. The molecule has 1 aromatic rings. The molecule has 1 heterocycles. The molecule has 0 atom stereocenters. The van der Waals surface area contributed by atoms with E-state index in [2.05, 4.69) is 20.3 Å². The summed E-state index contributed by atoms with van der Waals surface area (Å²) in [6, 6.07) is 0.336. The Morgan fingerprint density at radius 3 is 2.09 bits per heavy atom. The summed E-state index contributed by atoms with van der Waals surface area (Å²) in [5.74, 6) is -0.0458. The molecule has 1 aliphatic rings. The Hall–Kier alpha value is -2.12. The van der Waals surface area contributed by atoms with Crippen LogP contribution in [-0.2, 0) is 9.53 Å². The van der Waals surface area contributed by atoms with Crippen molar-refractivity contribution < 1.29 is 19.0 Å². The molecule has 1 aliphatic carbocycles. The summed E-state index contributed by atoms with van der Waals surface area (Å²) < 4.78 is 15.6. The molecular weight excluding hydrogens is 288 g/mol. The van der Waals surface area contributed by atoms with Crippen LogP contribution in [0.1, 0.15) is 39.5 Å². The maximum Gasteiger partial charge on any atom is 0.331 e. The van der Waals surface area contributed by atoms with Crippen molar-refractivity contribution in [3.8, 4) is 12.0 Å². The van der Waals surface area contributed by atoms with E-state index in [-0.39, 0.29) is 23.9 Å². The van der Waals surface area contributed by atoms with E-state index >= 15 is 0 Å². The monoisotopic (exact) mass is 310 g/mol. The number of hydrogen-bond acceptors (Lipinski definition) is 8. The Bertz CT molecular complexity index is 493. The summed E-state index contributed by atoms with van der Waals surface area (Å²) in [7, 11) is 1.38. The highest BCUT2D eigenvalue weighted by molar-refractivity contribution is 5.84. The van der Waals surface area contributed by atoms with Crippen molar-refractivity contribution in [3.63, 3.8) is 0 Å². The van der Waals surface area contributed by atoms with E-state index in [0.717, 1.165) is 12.8 Å². The molecule has 0 unspecified atom stereocenters. The summed E-state index contributed by atoms with van der Waals surface area (Å²) in [5.41, 5.74) is -0.789. The lowest BCUT2D eigenvalue weighted by atomic mass is 9.98. The zero-order valence-corrected chi connectivity index (χ0v) is 13.2. The van der Waals surface area contributed by atoms with Gasteiger partial charge < -0.3 is 19.5 Å². The van der Waals surface area contributed by atoms with E-state index in [0.29, 0.717) is 26.1 Å². The van der Waals surface area contributed by atoms with Gasteiger partial charge in [0.05, 0.1) is 20.3 Å². The minimum atomic E-state index is -0.789. The summed E-state index contributed by atoms with van der Waals surface area (Å²) >= 11 is 0. The first-order valence-corrected chi connectivity index (χ1v) is 7.52. The number of hydrogen-bond donors (Lipinski definition) is 1. The van der Waals surface area contributed by atoms with Crippen LogP contribution >= 0.6 is 0 Å². The molecule has 122 valence electrons. The summed E-state index contributed by atoms with van der Waals surface area (Å²) in [5, 5.41) is 3.11. The molecule has 8 heteroatoms. The standard InChI is InChI=1S/C14H22N4O4/c1-4-21-12-15-11(16-13(17-12)22-5-2)18-14(10(19)20-3)8-6-7-9-14/h4-9H2,1-3H3,(H,15,16,17,18). The van der Waals surface area contributed by atoms with E-state index in [1.807, 2.05) is 13.8 Å². The first kappa shape index (κ1) is 16.3. The topological polar surface area (TPSA) is 95.5 Å². The predicted molar refractivity (Wildman–Crippen MR) is 79.0 cm³/mol. The number of anilines is 1. The van der Waals surface area contributed by atoms with Crippen molar-refractivity contribution >= 4 is 11.9 Å². The lowest BCUT2D eigenvalue weighted by molar-refractivity contribution is -0.145. The van der Waals surface area contributed by atoms with Crippen molar-refractivity contribution in [2.24, 2.45) is 0 Å². The van der Waals surface area contributed by atoms with Gasteiger partial charge in [-0.25, -0.2) is 4.79 Å². The van der Waals surface area contributed by atoms with Crippen LogP contribution in [0, 0.1) is 0 Å². The zero-order chi connectivity index (χ0) is 16.0. The Balaban J connectivity index is 2.27. The van der Waals surface area contributed by atoms with Crippen LogP contribution in [-0.4, -0.2) is 46.8 Å². The van der Waals surface area contributed by atoms with Gasteiger partial charge in [-0.1, -0.05) is 12.8 Å². The van der Waals surface area contributed by atoms with Crippen LogP contribution in [0.2, 0.25) is 0 Å². The van der Waals surface area contributed by atoms with Crippen LogP contribution < -0.4 is 14.8 Å². The van der Waals surface area contributed by atoms with Gasteiger partial charge >= 0.3 is 18.0 Å². The molecular formula is C14H22N4O4. The molecule has 8 nitrogen and oxygen atoms in total. The van der Waals surface area contributed by atoms with Crippen LogP contribution in [0.3, 0.4) is 0 Å². The largest absolute Gasteiger partial charge is 0.467 e. The lowest BCUT2D eigenvalue weighted by Gasteiger charge is -2.27. The third-order valence-electron chi connectivity index (χ3n) is 3.53. The fraction of sp³-hybridized carbons (Fsp3) is 0.714. The van der Waals surface area contributed by atoms with Crippen LogP contribution in [0.25, 0.3) is 0 Å². The van der Waals surface area contributed by atoms with Gasteiger partial charge in [0.25, 0.3) is 0 Å². The molecule has 2 rings (SSSR count). The molecule has 1 aromatic heterocycles. The Labute approximate surface area is 129 Å². The van der Waals surface area contributed by atoms with Crippen LogP contribution in [0.4, 0.5) is 5.95 Å². The summed E-state index contributed by atoms with van der Waals surface area (Å²) in [6.07, 6.45) is 3.26. The third-order valence-corrected chi connectivity index (χ3v) is 3.53. The van der Waals surface area contributed by atoms with Crippen LogP contribution in [0.15, 0.2) is 0 Å². The molecule has 0 saturated heterocycles. The number of esters is 1. The van der Waals surface area contributed by atoms with E-state index < -0.39 is 5.54 Å². The number of methoxy groups -OCH3 is 1. The number of rotatable bonds is 7. The zero-order valence-electron chi connectivity index (χ0n) is 13.2. The van der Waals surface area contributed by atoms with Gasteiger partial charge in [0, 0.05) is 0 Å². The van der Waals surface area contributed by atoms with Crippen LogP contribution in [0.5, 0.6) is 12.0 Å². The average Bonchev–Trinajstić information content (AvgIpc) is 2.96. The smallest absolute Gasteiger partial charge is 0.331 e. The SMILES string of the molecule is CCOc1nc(NC2(C(=O)OC)CCCC2)nc(OCC)n1. The minimum Gasteiger partial charge on any atom is -0.467 e. The average molecular weight is 310 g/mol. The third kappa shape index (κ3) is 3.55. The number of nitrogens with one attached hydrogen (secondary N) is 1. The molecule has 0 aliphatic heterocycles. The van der Waals surface area contributed by atoms with Gasteiger partial charge in [0.15, 0.2) is 0 Å². The molecule has 0 aromatic carbocycles. The highest BCUT2D eigenvalue weighted by Gasteiger charge is 2.43. The lowest BCUT2D eigenvalue weighted by Crippen LogP contribution is -2.45. The van der Waals surface area contributed by atoms with Gasteiger partial charge in [-0.15, -0.1) is 4.98 Å². The van der Waals surface area contributed by atoms with Crippen molar-refractivity contribution in [2.45, 2.75) is 45.1 Å². The molecule has 0 bridgehead atoms. The maximum absolute atomic E-state index is 12.1. The number of ether oxygens (including phenoxy) is 3. The normalized spacial score (nSPS) is 16.1. The quantitative estimate of drug-likeness (QED) is 0.758. The second kappa shape index (κ2) is 7.24. The summed E-state index contributed by atoms with van der Waals surface area (Å²) in [6.45, 7) is 4.53. The maximum atomic E-state index is 12.1. The predicted octanol–water partition coefficient (Wildman–Crippen LogP) is 1.57. The molecule has 0 radical (unpaired) electrons. The molecule has 0 amide bonds. The van der Waals surface area contributed by atoms with Gasteiger partial charge in [-0.2, -0.15) is 9.97 Å². The van der Waals surface area contributed by atoms with Crippen molar-refractivity contribution in [3.05, 3.63) is 0 Å². The number of aromatic nitrogens is 3. The Kier molecular flexibility index (Phi) is 5.35. The van der Waals surface area contributed by atoms with Gasteiger partial charge in [-0.05, 0) is 26.7 Å². The number of carbonyl (C=O) groups is 1. The Morgan fingerprint density at radius 2 is 1.64 bits per heavy atom.